The average Bonchev–Trinajstić information content (AvgIpc) is 3.41. The van der Waals surface area contributed by atoms with E-state index in [1.54, 1.807) is 24.6 Å². The Kier molecular flexibility index (Phi) is 4.81. The summed E-state index contributed by atoms with van der Waals surface area (Å²) in [5.41, 5.74) is 0. The Labute approximate surface area is 150 Å². The zero-order valence-electron chi connectivity index (χ0n) is 14.4. The van der Waals surface area contributed by atoms with Crippen LogP contribution in [-0.2, 0) is 11.2 Å². The van der Waals surface area contributed by atoms with Crippen molar-refractivity contribution in [2.75, 3.05) is 5.32 Å². The Balaban J connectivity index is 1.33. The van der Waals surface area contributed by atoms with E-state index in [2.05, 4.69) is 20.6 Å². The highest BCUT2D eigenvalue weighted by Crippen LogP contribution is 2.29. The predicted octanol–water partition coefficient (Wildman–Crippen LogP) is 3.60. The second-order valence-corrected chi connectivity index (χ2v) is 6.49. The van der Waals surface area contributed by atoms with Crippen molar-refractivity contribution >= 4 is 11.7 Å². The summed E-state index contributed by atoms with van der Waals surface area (Å²) in [6.07, 6.45) is 9.85. The molecular formula is C18H21N5O3. The molecule has 0 radical (unpaired) electrons. The van der Waals surface area contributed by atoms with Crippen LogP contribution < -0.4 is 5.32 Å². The van der Waals surface area contributed by atoms with Gasteiger partial charge < -0.3 is 14.3 Å². The van der Waals surface area contributed by atoms with E-state index in [4.69, 9.17) is 8.94 Å². The van der Waals surface area contributed by atoms with Gasteiger partial charge >= 0.3 is 0 Å². The highest BCUT2D eigenvalue weighted by Gasteiger charge is 2.19. The number of carbonyl (C=O) groups is 1. The minimum absolute atomic E-state index is 0.0969. The molecule has 0 unspecified atom stereocenters. The van der Waals surface area contributed by atoms with Crippen molar-refractivity contribution in [3.63, 3.8) is 0 Å². The molecule has 1 fully saturated rings. The molecule has 8 nitrogen and oxygen atoms in total. The third-order valence-electron chi connectivity index (χ3n) is 4.63. The van der Waals surface area contributed by atoms with Gasteiger partial charge in [0, 0.05) is 18.9 Å². The quantitative estimate of drug-likeness (QED) is 0.725. The van der Waals surface area contributed by atoms with Gasteiger partial charge in [0.25, 0.3) is 0 Å². The first-order valence-corrected chi connectivity index (χ1v) is 8.99. The lowest BCUT2D eigenvalue weighted by Crippen LogP contribution is -2.20. The molecule has 1 amide bonds. The number of amides is 1. The zero-order chi connectivity index (χ0) is 17.8. The predicted molar refractivity (Wildman–Crippen MR) is 93.3 cm³/mol. The molecule has 0 aromatic carbocycles. The molecular weight excluding hydrogens is 334 g/mol. The number of anilines is 1. The second-order valence-electron chi connectivity index (χ2n) is 6.49. The molecule has 0 spiro atoms. The highest BCUT2D eigenvalue weighted by molar-refractivity contribution is 5.89. The van der Waals surface area contributed by atoms with Crippen molar-refractivity contribution in [1.82, 2.24) is 19.9 Å². The number of furan rings is 1. The lowest BCUT2D eigenvalue weighted by molar-refractivity contribution is -0.116. The molecule has 136 valence electrons. The maximum Gasteiger partial charge on any atom is 0.238 e. The molecule has 1 saturated carbocycles. The maximum atomic E-state index is 12.3. The zero-order valence-corrected chi connectivity index (χ0v) is 14.4. The van der Waals surface area contributed by atoms with Crippen LogP contribution in [0.25, 0.3) is 11.6 Å². The Bertz CT molecular complexity index is 846. The van der Waals surface area contributed by atoms with Gasteiger partial charge in [0.05, 0.1) is 18.5 Å². The number of nitrogens with one attached hydrogen (secondary N) is 1. The summed E-state index contributed by atoms with van der Waals surface area (Å²) >= 11 is 0. The number of nitrogens with zero attached hydrogens (tertiary/aromatic N) is 4. The Morgan fingerprint density at radius 2 is 2.15 bits per heavy atom. The Morgan fingerprint density at radius 3 is 2.96 bits per heavy atom. The fourth-order valence-electron chi connectivity index (χ4n) is 3.32. The summed E-state index contributed by atoms with van der Waals surface area (Å²) in [6.45, 7) is 0. The standard InChI is InChI=1S/C18H21N5O3/c24-16(8-9-17-21-18(22-26-17)14-7-4-12-25-14)20-15-10-11-19-23(15)13-5-2-1-3-6-13/h4,7,10-13H,1-3,5-6,8-9H2,(H,20,24). The first-order valence-electron chi connectivity index (χ1n) is 8.99. The molecule has 3 heterocycles. The van der Waals surface area contributed by atoms with Crippen LogP contribution in [0, 0.1) is 0 Å². The molecule has 0 aliphatic heterocycles. The lowest BCUT2D eigenvalue weighted by atomic mass is 9.96. The van der Waals surface area contributed by atoms with Crippen LogP contribution in [0.2, 0.25) is 0 Å². The molecule has 0 saturated heterocycles. The third-order valence-corrected chi connectivity index (χ3v) is 4.63. The van der Waals surface area contributed by atoms with Crippen LogP contribution in [0.1, 0.15) is 50.5 Å². The first-order chi connectivity index (χ1) is 12.8. The fraction of sp³-hybridized carbons (Fsp3) is 0.444. The lowest BCUT2D eigenvalue weighted by Gasteiger charge is -2.23. The summed E-state index contributed by atoms with van der Waals surface area (Å²) < 4.78 is 12.3. The first kappa shape index (κ1) is 16.6. The summed E-state index contributed by atoms with van der Waals surface area (Å²) in [5, 5.41) is 11.2. The monoisotopic (exact) mass is 355 g/mol. The van der Waals surface area contributed by atoms with E-state index >= 15 is 0 Å². The van der Waals surface area contributed by atoms with E-state index in [-0.39, 0.29) is 12.3 Å². The molecule has 4 rings (SSSR count). The fourth-order valence-corrected chi connectivity index (χ4v) is 3.32. The van der Waals surface area contributed by atoms with E-state index in [1.807, 2.05) is 10.7 Å². The summed E-state index contributed by atoms with van der Waals surface area (Å²) in [5.74, 6) is 2.00. The van der Waals surface area contributed by atoms with Gasteiger partial charge in [-0.05, 0) is 25.0 Å². The van der Waals surface area contributed by atoms with Crippen molar-refractivity contribution in [2.45, 2.75) is 51.0 Å². The van der Waals surface area contributed by atoms with Crippen LogP contribution in [0.3, 0.4) is 0 Å². The van der Waals surface area contributed by atoms with Gasteiger partial charge in [0.1, 0.15) is 5.82 Å². The Morgan fingerprint density at radius 1 is 1.27 bits per heavy atom. The summed E-state index contributed by atoms with van der Waals surface area (Å²) in [6, 6.07) is 5.73. The molecule has 3 aromatic rings. The molecule has 1 aliphatic rings. The van der Waals surface area contributed by atoms with Crippen LogP contribution in [0.15, 0.2) is 39.6 Å². The van der Waals surface area contributed by atoms with E-state index in [0.717, 1.165) is 18.7 Å². The number of rotatable bonds is 6. The number of carbonyl (C=O) groups excluding carboxylic acids is 1. The third kappa shape index (κ3) is 3.68. The highest BCUT2D eigenvalue weighted by atomic mass is 16.5. The van der Waals surface area contributed by atoms with Gasteiger partial charge in [0.15, 0.2) is 5.76 Å². The maximum absolute atomic E-state index is 12.3. The van der Waals surface area contributed by atoms with Crippen LogP contribution in [-0.4, -0.2) is 25.8 Å². The molecule has 3 aromatic heterocycles. The normalized spacial score (nSPS) is 15.2. The summed E-state index contributed by atoms with van der Waals surface area (Å²) in [7, 11) is 0. The van der Waals surface area contributed by atoms with E-state index < -0.39 is 0 Å². The molecule has 1 aliphatic carbocycles. The summed E-state index contributed by atoms with van der Waals surface area (Å²) in [4.78, 5) is 16.5. The number of hydrogen-bond donors (Lipinski definition) is 1. The van der Waals surface area contributed by atoms with Crippen LogP contribution in [0.5, 0.6) is 0 Å². The van der Waals surface area contributed by atoms with Crippen molar-refractivity contribution in [3.8, 4) is 11.6 Å². The van der Waals surface area contributed by atoms with E-state index in [1.165, 1.54) is 19.3 Å². The van der Waals surface area contributed by atoms with E-state index in [9.17, 15) is 4.79 Å². The largest absolute Gasteiger partial charge is 0.461 e. The number of hydrogen-bond acceptors (Lipinski definition) is 6. The molecule has 0 atom stereocenters. The van der Waals surface area contributed by atoms with Gasteiger partial charge in [0.2, 0.25) is 17.6 Å². The number of aryl methyl sites for hydroxylation is 1. The van der Waals surface area contributed by atoms with E-state index in [0.29, 0.717) is 29.9 Å². The molecule has 0 bridgehead atoms. The van der Waals surface area contributed by atoms with Gasteiger partial charge in [-0.15, -0.1) is 0 Å². The molecule has 1 N–H and O–H groups in total. The van der Waals surface area contributed by atoms with Gasteiger partial charge in [-0.3, -0.25) is 4.79 Å². The second kappa shape index (κ2) is 7.55. The minimum Gasteiger partial charge on any atom is -0.461 e. The van der Waals surface area contributed by atoms with Gasteiger partial charge in [-0.2, -0.15) is 10.1 Å². The van der Waals surface area contributed by atoms with Crippen molar-refractivity contribution in [2.24, 2.45) is 0 Å². The van der Waals surface area contributed by atoms with Gasteiger partial charge in [-0.25, -0.2) is 4.68 Å². The SMILES string of the molecule is O=C(CCc1nc(-c2ccco2)no1)Nc1ccnn1C1CCCCC1. The molecule has 8 heteroatoms. The Hall–Kier alpha value is -2.90. The molecule has 26 heavy (non-hydrogen) atoms. The van der Waals surface area contributed by atoms with Gasteiger partial charge in [-0.1, -0.05) is 24.4 Å². The smallest absolute Gasteiger partial charge is 0.238 e. The van der Waals surface area contributed by atoms with Crippen molar-refractivity contribution < 1.29 is 13.7 Å². The average molecular weight is 355 g/mol. The van der Waals surface area contributed by atoms with Crippen LogP contribution >= 0.6 is 0 Å². The minimum atomic E-state index is -0.0969. The number of aromatic nitrogens is 4. The van der Waals surface area contributed by atoms with Crippen LogP contribution in [0.4, 0.5) is 5.82 Å². The topological polar surface area (TPSA) is 99.0 Å². The van der Waals surface area contributed by atoms with Crippen molar-refractivity contribution in [3.05, 3.63) is 36.5 Å². The van der Waals surface area contributed by atoms with Crippen molar-refractivity contribution in [1.29, 1.82) is 0 Å².